The van der Waals surface area contributed by atoms with Gasteiger partial charge < -0.3 is 0 Å². The van der Waals surface area contributed by atoms with Crippen LogP contribution >= 0.6 is 22.7 Å². The molecule has 0 fully saturated rings. The Bertz CT molecular complexity index is 1090. The lowest BCUT2D eigenvalue weighted by atomic mass is 10.0. The largest absolute Gasteiger partial charge is 0.300 e. The SMILES string of the molecule is CCc1ccc(C(NCc2cc(=O)n3c(C)csc3n2)c2cccs2)cc1. The van der Waals surface area contributed by atoms with Gasteiger partial charge in [0, 0.05) is 28.6 Å². The van der Waals surface area contributed by atoms with Crippen molar-refractivity contribution < 1.29 is 0 Å². The third kappa shape index (κ3) is 3.74. The first kappa shape index (κ1) is 18.1. The number of nitrogens with zero attached hydrogens (tertiary/aromatic N) is 2. The fourth-order valence-electron chi connectivity index (χ4n) is 3.18. The number of thiophene rings is 1. The molecule has 1 unspecified atom stereocenters. The topological polar surface area (TPSA) is 46.4 Å². The van der Waals surface area contributed by atoms with E-state index in [2.05, 4.69) is 59.0 Å². The molecule has 0 amide bonds. The maximum atomic E-state index is 12.4. The Morgan fingerprint density at radius 1 is 1.19 bits per heavy atom. The number of fused-ring (bicyclic) bond motifs is 1. The van der Waals surface area contributed by atoms with Gasteiger partial charge in [0.1, 0.15) is 0 Å². The Hall–Kier alpha value is -2.28. The van der Waals surface area contributed by atoms with Crippen molar-refractivity contribution >= 4 is 27.6 Å². The van der Waals surface area contributed by atoms with Crippen molar-refractivity contribution in [3.8, 4) is 0 Å². The lowest BCUT2D eigenvalue weighted by molar-refractivity contribution is 0.604. The van der Waals surface area contributed by atoms with E-state index >= 15 is 0 Å². The molecular formula is C21H21N3OS2. The number of nitrogens with one attached hydrogen (secondary N) is 1. The van der Waals surface area contributed by atoms with Crippen molar-refractivity contribution in [2.24, 2.45) is 0 Å². The quantitative estimate of drug-likeness (QED) is 0.520. The monoisotopic (exact) mass is 395 g/mol. The predicted molar refractivity (Wildman–Crippen MR) is 113 cm³/mol. The second-order valence-corrected chi connectivity index (χ2v) is 8.32. The molecule has 4 nitrogen and oxygen atoms in total. The molecule has 0 saturated carbocycles. The molecule has 0 aliphatic heterocycles. The van der Waals surface area contributed by atoms with E-state index < -0.39 is 0 Å². The number of aryl methyl sites for hydroxylation is 2. The molecule has 138 valence electrons. The van der Waals surface area contributed by atoms with Crippen molar-refractivity contribution in [3.63, 3.8) is 0 Å². The number of hydrogen-bond acceptors (Lipinski definition) is 5. The predicted octanol–water partition coefficient (Wildman–Crippen LogP) is 4.57. The first-order valence-electron chi connectivity index (χ1n) is 8.98. The Kier molecular flexibility index (Phi) is 5.20. The van der Waals surface area contributed by atoms with E-state index in [4.69, 9.17) is 0 Å². The highest BCUT2D eigenvalue weighted by Crippen LogP contribution is 2.27. The second-order valence-electron chi connectivity index (χ2n) is 6.51. The van der Waals surface area contributed by atoms with E-state index in [9.17, 15) is 4.79 Å². The molecule has 6 heteroatoms. The summed E-state index contributed by atoms with van der Waals surface area (Å²) in [5.41, 5.74) is 4.24. The van der Waals surface area contributed by atoms with Gasteiger partial charge in [-0.15, -0.1) is 22.7 Å². The number of benzene rings is 1. The Labute approximate surface area is 166 Å². The van der Waals surface area contributed by atoms with E-state index in [0.717, 1.165) is 22.8 Å². The molecule has 3 aromatic heterocycles. The molecule has 0 spiro atoms. The van der Waals surface area contributed by atoms with Crippen molar-refractivity contribution in [2.45, 2.75) is 32.9 Å². The summed E-state index contributed by atoms with van der Waals surface area (Å²) in [6.07, 6.45) is 1.03. The zero-order valence-electron chi connectivity index (χ0n) is 15.3. The first-order chi connectivity index (χ1) is 13.2. The van der Waals surface area contributed by atoms with E-state index in [1.165, 1.54) is 27.3 Å². The van der Waals surface area contributed by atoms with Crippen LogP contribution in [0.1, 0.15) is 40.4 Å². The maximum Gasteiger partial charge on any atom is 0.259 e. The van der Waals surface area contributed by atoms with Gasteiger partial charge in [0.05, 0.1) is 11.7 Å². The van der Waals surface area contributed by atoms with Crippen molar-refractivity contribution in [2.75, 3.05) is 0 Å². The van der Waals surface area contributed by atoms with Gasteiger partial charge in [0.15, 0.2) is 4.96 Å². The average Bonchev–Trinajstić information content (AvgIpc) is 3.33. The average molecular weight is 396 g/mol. The third-order valence-electron chi connectivity index (χ3n) is 4.66. The molecule has 0 aliphatic rings. The summed E-state index contributed by atoms with van der Waals surface area (Å²) in [6, 6.07) is 14.7. The van der Waals surface area contributed by atoms with Gasteiger partial charge in [-0.3, -0.25) is 14.5 Å². The summed E-state index contributed by atoms with van der Waals surface area (Å²) in [4.78, 5) is 19.1. The minimum atomic E-state index is -0.0180. The van der Waals surface area contributed by atoms with Crippen LogP contribution in [0.2, 0.25) is 0 Å². The molecule has 0 radical (unpaired) electrons. The van der Waals surface area contributed by atoms with Gasteiger partial charge >= 0.3 is 0 Å². The molecule has 1 N–H and O–H groups in total. The number of thiazole rings is 1. The van der Waals surface area contributed by atoms with Gasteiger partial charge in [0.2, 0.25) is 0 Å². The van der Waals surface area contributed by atoms with Gasteiger partial charge in [0.25, 0.3) is 5.56 Å². The molecule has 1 atom stereocenters. The highest BCUT2D eigenvalue weighted by atomic mass is 32.1. The summed E-state index contributed by atoms with van der Waals surface area (Å²) in [5, 5.41) is 7.65. The Morgan fingerprint density at radius 3 is 2.70 bits per heavy atom. The van der Waals surface area contributed by atoms with E-state index in [-0.39, 0.29) is 11.6 Å². The van der Waals surface area contributed by atoms with Gasteiger partial charge in [-0.05, 0) is 35.9 Å². The van der Waals surface area contributed by atoms with E-state index in [0.29, 0.717) is 6.54 Å². The van der Waals surface area contributed by atoms with Crippen LogP contribution in [0.5, 0.6) is 0 Å². The lowest BCUT2D eigenvalue weighted by Gasteiger charge is -2.18. The maximum absolute atomic E-state index is 12.4. The molecule has 0 saturated heterocycles. The second kappa shape index (κ2) is 7.76. The smallest absolute Gasteiger partial charge is 0.259 e. The molecule has 27 heavy (non-hydrogen) atoms. The number of aromatic nitrogens is 2. The van der Waals surface area contributed by atoms with Gasteiger partial charge in [-0.25, -0.2) is 4.98 Å². The molecule has 0 aliphatic carbocycles. The van der Waals surface area contributed by atoms with Crippen molar-refractivity contribution in [3.05, 3.63) is 91.0 Å². The number of hydrogen-bond donors (Lipinski definition) is 1. The lowest BCUT2D eigenvalue weighted by Crippen LogP contribution is -2.24. The van der Waals surface area contributed by atoms with Crippen molar-refractivity contribution in [1.82, 2.24) is 14.7 Å². The van der Waals surface area contributed by atoms with Crippen molar-refractivity contribution in [1.29, 1.82) is 0 Å². The van der Waals surface area contributed by atoms with E-state index in [1.54, 1.807) is 21.8 Å². The van der Waals surface area contributed by atoms with Gasteiger partial charge in [-0.1, -0.05) is 37.3 Å². The summed E-state index contributed by atoms with van der Waals surface area (Å²) in [7, 11) is 0. The summed E-state index contributed by atoms with van der Waals surface area (Å²) < 4.78 is 1.66. The highest BCUT2D eigenvalue weighted by molar-refractivity contribution is 7.15. The Balaban J connectivity index is 1.61. The molecule has 1 aromatic carbocycles. The fraction of sp³-hybridized carbons (Fsp3) is 0.238. The zero-order valence-corrected chi connectivity index (χ0v) is 16.9. The molecular weight excluding hydrogens is 374 g/mol. The normalized spacial score (nSPS) is 12.5. The standard InChI is InChI=1S/C21H21N3OS2/c1-3-15-6-8-16(9-7-15)20(18-5-4-10-26-18)22-12-17-11-19(25)24-14(2)13-27-21(24)23-17/h4-11,13,20,22H,3,12H2,1-2H3. The van der Waals surface area contributed by atoms with Crippen LogP contribution < -0.4 is 10.9 Å². The van der Waals surface area contributed by atoms with Crippen LogP contribution in [0.4, 0.5) is 0 Å². The van der Waals surface area contributed by atoms with Gasteiger partial charge in [-0.2, -0.15) is 0 Å². The first-order valence-corrected chi connectivity index (χ1v) is 10.7. The van der Waals surface area contributed by atoms with Crippen LogP contribution in [-0.2, 0) is 13.0 Å². The summed E-state index contributed by atoms with van der Waals surface area (Å²) in [5.74, 6) is 0. The van der Waals surface area contributed by atoms with Crippen LogP contribution in [0.15, 0.2) is 58.0 Å². The van der Waals surface area contributed by atoms with Crippen LogP contribution in [0.3, 0.4) is 0 Å². The van der Waals surface area contributed by atoms with Crippen LogP contribution in [-0.4, -0.2) is 9.38 Å². The summed E-state index contributed by atoms with van der Waals surface area (Å²) in [6.45, 7) is 4.63. The zero-order chi connectivity index (χ0) is 18.8. The molecule has 4 aromatic rings. The minimum absolute atomic E-state index is 0.0180. The molecule has 4 rings (SSSR count). The van der Waals surface area contributed by atoms with Crippen LogP contribution in [0.25, 0.3) is 4.96 Å². The Morgan fingerprint density at radius 2 is 2.00 bits per heavy atom. The van der Waals surface area contributed by atoms with Crippen LogP contribution in [0, 0.1) is 6.92 Å². The molecule has 0 bridgehead atoms. The number of rotatable bonds is 6. The fourth-order valence-corrected chi connectivity index (χ4v) is 4.90. The van der Waals surface area contributed by atoms with E-state index in [1.807, 2.05) is 12.3 Å². The third-order valence-corrected chi connectivity index (χ3v) is 6.55. The molecule has 3 heterocycles. The highest BCUT2D eigenvalue weighted by Gasteiger charge is 2.16. The summed E-state index contributed by atoms with van der Waals surface area (Å²) >= 11 is 3.23. The minimum Gasteiger partial charge on any atom is -0.300 e.